The summed E-state index contributed by atoms with van der Waals surface area (Å²) in [5.41, 5.74) is 6.36. The van der Waals surface area contributed by atoms with Crippen LogP contribution in [0.15, 0.2) is 27.7 Å². The fourth-order valence-corrected chi connectivity index (χ4v) is 0.842. The van der Waals surface area contributed by atoms with Gasteiger partial charge in [0.2, 0.25) is 0 Å². The van der Waals surface area contributed by atoms with Gasteiger partial charge in [0.1, 0.15) is 5.84 Å². The minimum absolute atomic E-state index is 0.508. The normalized spacial score (nSPS) is 11.5. The zero-order valence-corrected chi connectivity index (χ0v) is 7.32. The Morgan fingerprint density at radius 2 is 2.50 bits per heavy atom. The van der Waals surface area contributed by atoms with E-state index in [1.807, 2.05) is 35.0 Å². The average Bonchev–Trinajstić information content (AvgIpc) is 2.05. The minimum atomic E-state index is 0.508. The Balaban J connectivity index is 2.96. The lowest BCUT2D eigenvalue weighted by molar-refractivity contribution is 1.31. The Morgan fingerprint density at radius 3 is 3.00 bits per heavy atom. The SMILES string of the molecule is N/C(=N\I)c1cccnc1. The van der Waals surface area contributed by atoms with Crippen molar-refractivity contribution in [2.24, 2.45) is 8.94 Å². The van der Waals surface area contributed by atoms with E-state index in [2.05, 4.69) is 8.19 Å². The summed E-state index contributed by atoms with van der Waals surface area (Å²) in [5.74, 6) is 0.508. The fourth-order valence-electron chi connectivity index (χ4n) is 0.563. The van der Waals surface area contributed by atoms with Gasteiger partial charge in [0.25, 0.3) is 0 Å². The first-order valence-electron chi connectivity index (χ1n) is 2.69. The molecule has 0 aliphatic rings. The molecular formula is C6H6IN3. The standard InChI is InChI=1S/C6H6IN3/c7-10-6(8)5-2-1-3-9-4-5/h1-4H,(H2,8,10). The number of nitrogens with two attached hydrogens (primary N) is 1. The van der Waals surface area contributed by atoms with E-state index in [0.29, 0.717) is 5.84 Å². The third kappa shape index (κ3) is 1.66. The Bertz CT molecular complexity index is 232. The Morgan fingerprint density at radius 1 is 1.70 bits per heavy atom. The molecule has 3 nitrogen and oxygen atoms in total. The maximum absolute atomic E-state index is 5.50. The third-order valence-electron chi connectivity index (χ3n) is 1.05. The van der Waals surface area contributed by atoms with E-state index >= 15 is 0 Å². The predicted octanol–water partition coefficient (Wildman–Crippen LogP) is 1.14. The molecule has 0 spiro atoms. The van der Waals surface area contributed by atoms with Crippen molar-refractivity contribution in [2.75, 3.05) is 0 Å². The number of rotatable bonds is 1. The highest BCUT2D eigenvalue weighted by Gasteiger charge is 1.93. The number of aromatic nitrogens is 1. The molecular weight excluding hydrogens is 241 g/mol. The number of pyridine rings is 1. The molecule has 0 saturated carbocycles. The van der Waals surface area contributed by atoms with Crippen LogP contribution < -0.4 is 5.73 Å². The fraction of sp³-hybridized carbons (Fsp3) is 0. The maximum Gasteiger partial charge on any atom is 0.138 e. The van der Waals surface area contributed by atoms with Crippen LogP contribution in [-0.2, 0) is 0 Å². The van der Waals surface area contributed by atoms with Gasteiger partial charge < -0.3 is 5.73 Å². The van der Waals surface area contributed by atoms with Gasteiger partial charge in [-0.05, 0) is 12.1 Å². The van der Waals surface area contributed by atoms with Crippen molar-refractivity contribution in [1.82, 2.24) is 4.98 Å². The smallest absolute Gasteiger partial charge is 0.138 e. The molecule has 0 bridgehead atoms. The molecule has 1 aromatic rings. The molecule has 0 aliphatic carbocycles. The molecule has 0 aliphatic heterocycles. The topological polar surface area (TPSA) is 51.3 Å². The molecule has 2 N–H and O–H groups in total. The number of nitrogens with zero attached hydrogens (tertiary/aromatic N) is 2. The lowest BCUT2D eigenvalue weighted by Gasteiger charge is -1.94. The molecule has 1 rings (SSSR count). The number of halogens is 1. The molecule has 0 amide bonds. The Hall–Kier alpha value is -0.650. The summed E-state index contributed by atoms with van der Waals surface area (Å²) < 4.78 is 3.78. The van der Waals surface area contributed by atoms with Crippen molar-refractivity contribution in [3.8, 4) is 0 Å². The van der Waals surface area contributed by atoms with E-state index in [9.17, 15) is 0 Å². The molecule has 0 unspecified atom stereocenters. The highest BCUT2D eigenvalue weighted by atomic mass is 127. The Kier molecular flexibility index (Phi) is 2.61. The monoisotopic (exact) mass is 247 g/mol. The number of amidine groups is 1. The Labute approximate surface area is 72.9 Å². The van der Waals surface area contributed by atoms with Crippen LogP contribution in [0.2, 0.25) is 0 Å². The van der Waals surface area contributed by atoms with E-state index < -0.39 is 0 Å². The van der Waals surface area contributed by atoms with E-state index in [1.165, 1.54) is 0 Å². The molecule has 52 valence electrons. The second-order valence-corrected chi connectivity index (χ2v) is 2.19. The second-order valence-electron chi connectivity index (χ2n) is 1.71. The summed E-state index contributed by atoms with van der Waals surface area (Å²) in [4.78, 5) is 3.89. The van der Waals surface area contributed by atoms with Gasteiger partial charge >= 0.3 is 0 Å². The molecule has 0 atom stereocenters. The summed E-state index contributed by atoms with van der Waals surface area (Å²) >= 11 is 1.85. The lowest BCUT2D eigenvalue weighted by Crippen LogP contribution is -2.11. The molecule has 10 heavy (non-hydrogen) atoms. The molecule has 0 fully saturated rings. The molecule has 4 heteroatoms. The summed E-state index contributed by atoms with van der Waals surface area (Å²) in [6, 6.07) is 3.69. The highest BCUT2D eigenvalue weighted by Crippen LogP contribution is 1.96. The van der Waals surface area contributed by atoms with E-state index in [0.717, 1.165) is 5.56 Å². The maximum atomic E-state index is 5.50. The molecule has 0 aromatic carbocycles. The summed E-state index contributed by atoms with van der Waals surface area (Å²) in [5, 5.41) is 0. The largest absolute Gasteiger partial charge is 0.383 e. The first-order chi connectivity index (χ1) is 4.84. The highest BCUT2D eigenvalue weighted by molar-refractivity contribution is 14.1. The zero-order chi connectivity index (χ0) is 7.40. The predicted molar refractivity (Wildman–Crippen MR) is 49.0 cm³/mol. The van der Waals surface area contributed by atoms with Gasteiger partial charge in [-0.25, -0.2) is 0 Å². The van der Waals surface area contributed by atoms with Crippen LogP contribution in [0, 0.1) is 0 Å². The van der Waals surface area contributed by atoms with E-state index in [-0.39, 0.29) is 0 Å². The molecule has 1 heterocycles. The van der Waals surface area contributed by atoms with Crippen LogP contribution in [0.5, 0.6) is 0 Å². The third-order valence-corrected chi connectivity index (χ3v) is 1.57. The van der Waals surface area contributed by atoms with E-state index in [4.69, 9.17) is 5.73 Å². The van der Waals surface area contributed by atoms with E-state index in [1.54, 1.807) is 12.4 Å². The van der Waals surface area contributed by atoms with Crippen LogP contribution in [0.1, 0.15) is 5.56 Å². The number of hydrogen-bond donors (Lipinski definition) is 1. The molecule has 0 radical (unpaired) electrons. The molecule has 1 aromatic heterocycles. The zero-order valence-electron chi connectivity index (χ0n) is 5.16. The van der Waals surface area contributed by atoms with Crippen molar-refractivity contribution in [3.63, 3.8) is 0 Å². The first-order valence-corrected chi connectivity index (χ1v) is 3.66. The van der Waals surface area contributed by atoms with Crippen molar-refractivity contribution in [1.29, 1.82) is 0 Å². The van der Waals surface area contributed by atoms with Crippen LogP contribution >= 0.6 is 22.9 Å². The van der Waals surface area contributed by atoms with Crippen LogP contribution in [0.25, 0.3) is 0 Å². The van der Waals surface area contributed by atoms with Crippen LogP contribution in [0.4, 0.5) is 0 Å². The van der Waals surface area contributed by atoms with Gasteiger partial charge in [0.05, 0.1) is 22.9 Å². The summed E-state index contributed by atoms with van der Waals surface area (Å²) in [7, 11) is 0. The van der Waals surface area contributed by atoms with Gasteiger partial charge in [0.15, 0.2) is 0 Å². The van der Waals surface area contributed by atoms with Crippen LogP contribution in [0.3, 0.4) is 0 Å². The van der Waals surface area contributed by atoms with Crippen molar-refractivity contribution >= 4 is 28.7 Å². The minimum Gasteiger partial charge on any atom is -0.383 e. The number of hydrogen-bond acceptors (Lipinski definition) is 2. The quantitative estimate of drug-likeness (QED) is 0.459. The van der Waals surface area contributed by atoms with Crippen LogP contribution in [-0.4, -0.2) is 10.8 Å². The van der Waals surface area contributed by atoms with Gasteiger partial charge in [-0.3, -0.25) is 4.98 Å². The van der Waals surface area contributed by atoms with Crippen molar-refractivity contribution in [3.05, 3.63) is 30.1 Å². The summed E-state index contributed by atoms with van der Waals surface area (Å²) in [6.07, 6.45) is 3.38. The van der Waals surface area contributed by atoms with Gasteiger partial charge in [-0.1, -0.05) is 0 Å². The van der Waals surface area contributed by atoms with Gasteiger partial charge in [-0.2, -0.15) is 3.21 Å². The lowest BCUT2D eigenvalue weighted by atomic mass is 10.3. The second kappa shape index (κ2) is 3.50. The summed E-state index contributed by atoms with van der Waals surface area (Å²) in [6.45, 7) is 0. The van der Waals surface area contributed by atoms with Gasteiger partial charge in [0, 0.05) is 18.0 Å². The molecule has 0 saturated heterocycles. The van der Waals surface area contributed by atoms with Crippen molar-refractivity contribution in [2.45, 2.75) is 0 Å². The first kappa shape index (κ1) is 7.46. The van der Waals surface area contributed by atoms with Gasteiger partial charge in [-0.15, -0.1) is 0 Å². The average molecular weight is 247 g/mol. The van der Waals surface area contributed by atoms with Crippen molar-refractivity contribution < 1.29 is 0 Å².